The first kappa shape index (κ1) is 13.3. The number of hydrogen-bond donors (Lipinski definition) is 4. The summed E-state index contributed by atoms with van der Waals surface area (Å²) in [7, 11) is 0. The van der Waals surface area contributed by atoms with Crippen molar-refractivity contribution in [3.8, 4) is 11.5 Å². The van der Waals surface area contributed by atoms with Crippen molar-refractivity contribution in [2.24, 2.45) is 5.73 Å². The predicted octanol–water partition coefficient (Wildman–Crippen LogP) is 1.39. The number of carbonyl (C=O) groups is 1. The fourth-order valence-electron chi connectivity index (χ4n) is 1.77. The lowest BCUT2D eigenvalue weighted by Crippen LogP contribution is -2.45. The van der Waals surface area contributed by atoms with Gasteiger partial charge in [0.05, 0.1) is 0 Å². The molecule has 0 aromatic heterocycles. The topological polar surface area (TPSA) is 104 Å². The summed E-state index contributed by atoms with van der Waals surface area (Å²) < 4.78 is 0. The number of rotatable bonds is 4. The number of nitrogens with two attached hydrogens (primary N) is 1. The van der Waals surface area contributed by atoms with Crippen LogP contribution in [0.2, 0.25) is 0 Å². The van der Waals surface area contributed by atoms with Crippen LogP contribution < -0.4 is 5.73 Å². The van der Waals surface area contributed by atoms with Gasteiger partial charge in [-0.1, -0.05) is 6.92 Å². The molecular weight excluding hydrogens is 222 g/mol. The van der Waals surface area contributed by atoms with E-state index < -0.39 is 11.5 Å². The molecule has 0 amide bonds. The molecule has 0 saturated carbocycles. The first-order valence-electron chi connectivity index (χ1n) is 5.28. The molecule has 0 spiro atoms. The van der Waals surface area contributed by atoms with Crippen molar-refractivity contribution in [3.05, 3.63) is 23.8 Å². The van der Waals surface area contributed by atoms with E-state index in [2.05, 4.69) is 0 Å². The maximum atomic E-state index is 10.9. The van der Waals surface area contributed by atoms with E-state index in [-0.39, 0.29) is 23.8 Å². The molecule has 0 radical (unpaired) electrons. The molecule has 2 unspecified atom stereocenters. The average Bonchev–Trinajstić information content (AvgIpc) is 2.20. The van der Waals surface area contributed by atoms with E-state index in [0.717, 1.165) is 0 Å². The highest BCUT2D eigenvalue weighted by Gasteiger charge is 2.31. The minimum Gasteiger partial charge on any atom is -0.508 e. The summed E-state index contributed by atoms with van der Waals surface area (Å²) in [6.07, 6.45) is 0.166. The summed E-state index contributed by atoms with van der Waals surface area (Å²) in [4.78, 5) is 10.9. The molecule has 94 valence electrons. The maximum absolute atomic E-state index is 10.9. The van der Waals surface area contributed by atoms with Crippen molar-refractivity contribution in [3.63, 3.8) is 0 Å². The molecule has 2 atom stereocenters. The third-order valence-corrected chi connectivity index (χ3v) is 2.76. The van der Waals surface area contributed by atoms with Crippen molar-refractivity contribution in [2.45, 2.75) is 31.7 Å². The lowest BCUT2D eigenvalue weighted by molar-refractivity contribution is -0.143. The summed E-state index contributed by atoms with van der Waals surface area (Å²) in [6.45, 7) is 3.17. The van der Waals surface area contributed by atoms with E-state index in [1.807, 2.05) is 0 Å². The normalized spacial score (nSPS) is 16.2. The third-order valence-electron chi connectivity index (χ3n) is 2.76. The van der Waals surface area contributed by atoms with Gasteiger partial charge < -0.3 is 21.1 Å². The van der Waals surface area contributed by atoms with Crippen LogP contribution in [0.4, 0.5) is 0 Å². The molecule has 5 N–H and O–H groups in total. The van der Waals surface area contributed by atoms with E-state index in [1.165, 1.54) is 25.1 Å². The van der Waals surface area contributed by atoms with Crippen LogP contribution in [0.1, 0.15) is 31.7 Å². The van der Waals surface area contributed by atoms with Crippen LogP contribution in [0.5, 0.6) is 11.5 Å². The first-order chi connectivity index (χ1) is 7.74. The van der Waals surface area contributed by atoms with Crippen LogP contribution in [0.3, 0.4) is 0 Å². The molecule has 1 aromatic carbocycles. The number of carboxylic acid groups (broad SMARTS) is 1. The van der Waals surface area contributed by atoms with Gasteiger partial charge in [0.25, 0.3) is 0 Å². The Bertz CT molecular complexity index is 429. The van der Waals surface area contributed by atoms with Gasteiger partial charge in [-0.2, -0.15) is 0 Å². The number of carboxylic acids is 1. The van der Waals surface area contributed by atoms with Crippen molar-refractivity contribution in [1.82, 2.24) is 0 Å². The van der Waals surface area contributed by atoms with E-state index in [9.17, 15) is 15.0 Å². The summed E-state index contributed by atoms with van der Waals surface area (Å²) >= 11 is 0. The monoisotopic (exact) mass is 239 g/mol. The Kier molecular flexibility index (Phi) is 3.63. The quantitative estimate of drug-likeness (QED) is 0.594. The molecule has 17 heavy (non-hydrogen) atoms. The second kappa shape index (κ2) is 4.63. The number of benzene rings is 1. The van der Waals surface area contributed by atoms with Gasteiger partial charge in [-0.3, -0.25) is 4.79 Å². The van der Waals surface area contributed by atoms with Crippen LogP contribution >= 0.6 is 0 Å². The van der Waals surface area contributed by atoms with Gasteiger partial charge in [-0.05, 0) is 37.5 Å². The Morgan fingerprint density at radius 2 is 2.06 bits per heavy atom. The Morgan fingerprint density at radius 3 is 2.59 bits per heavy atom. The van der Waals surface area contributed by atoms with E-state index in [0.29, 0.717) is 5.56 Å². The van der Waals surface area contributed by atoms with E-state index >= 15 is 0 Å². The molecular formula is C12H17NO4. The Labute approximate surface area is 99.5 Å². The molecule has 1 rings (SSSR count). The number of aliphatic carboxylic acids is 1. The molecule has 0 aliphatic rings. The first-order valence-corrected chi connectivity index (χ1v) is 5.28. The van der Waals surface area contributed by atoms with Crippen molar-refractivity contribution < 1.29 is 20.1 Å². The molecule has 0 bridgehead atoms. The maximum Gasteiger partial charge on any atom is 0.323 e. The minimum absolute atomic E-state index is 0.0245. The lowest BCUT2D eigenvalue weighted by Gasteiger charge is -2.24. The van der Waals surface area contributed by atoms with Gasteiger partial charge in [0.2, 0.25) is 0 Å². The molecule has 0 fully saturated rings. The minimum atomic E-state index is -1.36. The van der Waals surface area contributed by atoms with Crippen LogP contribution in [0, 0.1) is 0 Å². The number of aromatic hydroxyl groups is 2. The smallest absolute Gasteiger partial charge is 0.323 e. The standard InChI is InChI=1S/C12H17NO4/c1-7(6-12(2,13)11(16)17)9-5-8(14)3-4-10(9)15/h3-5,7,14-15H,6,13H2,1-2H3,(H,16,17). The summed E-state index contributed by atoms with van der Waals surface area (Å²) in [5, 5.41) is 27.9. The summed E-state index contributed by atoms with van der Waals surface area (Å²) in [5.41, 5.74) is 4.77. The Balaban J connectivity index is 2.94. The van der Waals surface area contributed by atoms with Gasteiger partial charge in [0.15, 0.2) is 0 Å². The summed E-state index contributed by atoms with van der Waals surface area (Å²) in [6, 6.07) is 4.15. The summed E-state index contributed by atoms with van der Waals surface area (Å²) in [5.74, 6) is -1.31. The van der Waals surface area contributed by atoms with Gasteiger partial charge in [-0.25, -0.2) is 0 Å². The third kappa shape index (κ3) is 3.10. The number of phenols is 2. The fraction of sp³-hybridized carbons (Fsp3) is 0.417. The molecule has 0 saturated heterocycles. The highest BCUT2D eigenvalue weighted by Crippen LogP contribution is 2.33. The van der Waals surface area contributed by atoms with Gasteiger partial charge in [-0.15, -0.1) is 0 Å². The van der Waals surface area contributed by atoms with Gasteiger partial charge in [0, 0.05) is 5.56 Å². The highest BCUT2D eigenvalue weighted by atomic mass is 16.4. The zero-order chi connectivity index (χ0) is 13.2. The second-order valence-electron chi connectivity index (χ2n) is 4.57. The average molecular weight is 239 g/mol. The van der Waals surface area contributed by atoms with E-state index in [4.69, 9.17) is 10.8 Å². The number of hydrogen-bond acceptors (Lipinski definition) is 4. The molecule has 0 aliphatic carbocycles. The molecule has 5 nitrogen and oxygen atoms in total. The Hall–Kier alpha value is -1.75. The molecule has 0 aliphatic heterocycles. The van der Waals surface area contributed by atoms with Crippen molar-refractivity contribution in [2.75, 3.05) is 0 Å². The van der Waals surface area contributed by atoms with Crippen LogP contribution in [0.15, 0.2) is 18.2 Å². The van der Waals surface area contributed by atoms with E-state index in [1.54, 1.807) is 6.92 Å². The molecule has 5 heteroatoms. The number of phenolic OH excluding ortho intramolecular Hbond substituents is 2. The SMILES string of the molecule is CC(CC(C)(N)C(=O)O)c1cc(O)ccc1O. The second-order valence-corrected chi connectivity index (χ2v) is 4.57. The van der Waals surface area contributed by atoms with Crippen molar-refractivity contribution in [1.29, 1.82) is 0 Å². The van der Waals surface area contributed by atoms with Crippen LogP contribution in [-0.2, 0) is 4.79 Å². The lowest BCUT2D eigenvalue weighted by atomic mass is 9.86. The van der Waals surface area contributed by atoms with Gasteiger partial charge in [0.1, 0.15) is 17.0 Å². The molecule has 0 heterocycles. The fourth-order valence-corrected chi connectivity index (χ4v) is 1.77. The molecule has 1 aromatic rings. The largest absolute Gasteiger partial charge is 0.508 e. The zero-order valence-electron chi connectivity index (χ0n) is 9.84. The predicted molar refractivity (Wildman–Crippen MR) is 63.0 cm³/mol. The van der Waals surface area contributed by atoms with Crippen LogP contribution in [-0.4, -0.2) is 26.8 Å². The Morgan fingerprint density at radius 1 is 1.47 bits per heavy atom. The van der Waals surface area contributed by atoms with Crippen molar-refractivity contribution >= 4 is 5.97 Å². The zero-order valence-corrected chi connectivity index (χ0v) is 9.84. The van der Waals surface area contributed by atoms with Crippen LogP contribution in [0.25, 0.3) is 0 Å². The van der Waals surface area contributed by atoms with Gasteiger partial charge >= 0.3 is 5.97 Å². The highest BCUT2D eigenvalue weighted by molar-refractivity contribution is 5.78.